The second kappa shape index (κ2) is 5.47. The smallest absolute Gasteiger partial charge is 0.303 e. The van der Waals surface area contributed by atoms with E-state index >= 15 is 0 Å². The van der Waals surface area contributed by atoms with Gasteiger partial charge in [-0.25, -0.2) is 0 Å². The average Bonchev–Trinajstić information content (AvgIpc) is 2.47. The maximum absolute atomic E-state index is 11.3. The number of nitrogens with two attached hydrogens (primary N) is 1. The first-order valence-corrected chi connectivity index (χ1v) is 7.47. The molecule has 0 bridgehead atoms. The van der Waals surface area contributed by atoms with Crippen molar-refractivity contribution in [1.29, 1.82) is 0 Å². The lowest BCUT2D eigenvalue weighted by atomic mass is 9.72. The summed E-state index contributed by atoms with van der Waals surface area (Å²) < 4.78 is 5.95. The number of rotatable bonds is 3. The van der Waals surface area contributed by atoms with Crippen molar-refractivity contribution in [2.45, 2.75) is 24.5 Å². The third kappa shape index (κ3) is 2.75. The number of non-ortho nitro benzene ring substituents is 1. The molecule has 124 valence electrons. The Morgan fingerprint density at radius 1 is 1.61 bits per heavy atom. The van der Waals surface area contributed by atoms with Crippen LogP contribution in [0, 0.1) is 16.0 Å². The molecule has 1 aromatic rings. The van der Waals surface area contributed by atoms with Gasteiger partial charge >= 0.3 is 5.97 Å². The van der Waals surface area contributed by atoms with Gasteiger partial charge in [0.05, 0.1) is 11.3 Å². The zero-order valence-electron chi connectivity index (χ0n) is 12.8. The highest BCUT2D eigenvalue weighted by Crippen LogP contribution is 2.48. The molecule has 0 aromatic heterocycles. The van der Waals surface area contributed by atoms with Crippen LogP contribution in [-0.2, 0) is 4.79 Å². The molecule has 0 amide bonds. The van der Waals surface area contributed by atoms with Crippen molar-refractivity contribution in [1.82, 2.24) is 4.90 Å². The number of nitrogens with zero attached hydrogens (tertiary/aromatic N) is 2. The van der Waals surface area contributed by atoms with Gasteiger partial charge in [-0.05, 0) is 13.1 Å². The van der Waals surface area contributed by atoms with Crippen molar-refractivity contribution in [2.24, 2.45) is 11.7 Å². The second-order valence-electron chi connectivity index (χ2n) is 6.36. The van der Waals surface area contributed by atoms with Crippen LogP contribution in [0.25, 0.3) is 0 Å². The Hall–Kier alpha value is -2.19. The van der Waals surface area contributed by atoms with E-state index < -0.39 is 22.5 Å². The zero-order valence-corrected chi connectivity index (χ0v) is 12.8. The molecular weight excluding hydrogens is 302 g/mol. The Morgan fingerprint density at radius 2 is 2.35 bits per heavy atom. The second-order valence-corrected chi connectivity index (χ2v) is 6.36. The first kappa shape index (κ1) is 15.7. The monoisotopic (exact) mass is 321 g/mol. The Labute approximate surface area is 133 Å². The molecule has 2 aliphatic rings. The maximum atomic E-state index is 11.3. The Balaban J connectivity index is 2.09. The number of fused-ring (bicyclic) bond motifs is 2. The minimum atomic E-state index is -0.954. The van der Waals surface area contributed by atoms with Crippen LogP contribution >= 0.6 is 0 Å². The Morgan fingerprint density at radius 3 is 3.00 bits per heavy atom. The van der Waals surface area contributed by atoms with E-state index in [9.17, 15) is 20.0 Å². The fourth-order valence-electron chi connectivity index (χ4n) is 3.62. The quantitative estimate of drug-likeness (QED) is 0.633. The molecule has 2 aliphatic heterocycles. The van der Waals surface area contributed by atoms with Crippen molar-refractivity contribution in [3.8, 4) is 5.75 Å². The van der Waals surface area contributed by atoms with Crippen LogP contribution in [0.5, 0.6) is 5.75 Å². The highest BCUT2D eigenvalue weighted by Gasteiger charge is 2.50. The van der Waals surface area contributed by atoms with Gasteiger partial charge in [0.15, 0.2) is 5.72 Å². The van der Waals surface area contributed by atoms with Crippen molar-refractivity contribution >= 4 is 11.7 Å². The van der Waals surface area contributed by atoms with Crippen LogP contribution in [0.2, 0.25) is 0 Å². The number of carboxylic acid groups (broad SMARTS) is 1. The number of carbonyl (C=O) groups is 1. The molecule has 1 fully saturated rings. The molecule has 0 spiro atoms. The van der Waals surface area contributed by atoms with Crippen LogP contribution in [0.15, 0.2) is 18.2 Å². The highest BCUT2D eigenvalue weighted by atomic mass is 16.6. The SMILES string of the molecule is CN1CCC2(N)Oc3ccc([N+](=O)[O-])cc3C(CC(=O)O)C2C1. The fraction of sp³-hybridized carbons (Fsp3) is 0.533. The average molecular weight is 321 g/mol. The van der Waals surface area contributed by atoms with E-state index in [4.69, 9.17) is 10.5 Å². The van der Waals surface area contributed by atoms with Gasteiger partial charge in [-0.2, -0.15) is 0 Å². The molecule has 3 unspecified atom stereocenters. The van der Waals surface area contributed by atoms with Gasteiger partial charge in [0.25, 0.3) is 5.69 Å². The number of benzene rings is 1. The molecule has 23 heavy (non-hydrogen) atoms. The molecule has 8 nitrogen and oxygen atoms in total. The lowest BCUT2D eigenvalue weighted by molar-refractivity contribution is -0.385. The summed E-state index contributed by atoms with van der Waals surface area (Å²) in [6.07, 6.45) is 0.454. The molecule has 0 radical (unpaired) electrons. The van der Waals surface area contributed by atoms with Gasteiger partial charge in [0, 0.05) is 49.0 Å². The Kier molecular flexibility index (Phi) is 3.73. The van der Waals surface area contributed by atoms with E-state index in [-0.39, 0.29) is 18.0 Å². The summed E-state index contributed by atoms with van der Waals surface area (Å²) >= 11 is 0. The molecule has 0 aliphatic carbocycles. The van der Waals surface area contributed by atoms with Gasteiger partial charge in [-0.15, -0.1) is 0 Å². The van der Waals surface area contributed by atoms with Gasteiger partial charge in [0.1, 0.15) is 5.75 Å². The van der Waals surface area contributed by atoms with Gasteiger partial charge < -0.3 is 14.7 Å². The predicted molar refractivity (Wildman–Crippen MR) is 81.2 cm³/mol. The van der Waals surface area contributed by atoms with E-state index in [0.29, 0.717) is 24.3 Å². The van der Waals surface area contributed by atoms with Gasteiger partial charge in [0.2, 0.25) is 0 Å². The molecular formula is C15H19N3O5. The number of ether oxygens (including phenoxy) is 1. The summed E-state index contributed by atoms with van der Waals surface area (Å²) in [5.41, 5.74) is 5.98. The van der Waals surface area contributed by atoms with Crippen LogP contribution < -0.4 is 10.5 Å². The normalized spacial score (nSPS) is 30.0. The first-order valence-electron chi connectivity index (χ1n) is 7.47. The van der Waals surface area contributed by atoms with Gasteiger partial charge in [-0.1, -0.05) is 0 Å². The number of hydrogen-bond donors (Lipinski definition) is 2. The minimum Gasteiger partial charge on any atom is -0.481 e. The summed E-state index contributed by atoms with van der Waals surface area (Å²) in [4.78, 5) is 23.9. The number of nitro groups is 1. The van der Waals surface area contributed by atoms with Crippen molar-refractivity contribution in [3.63, 3.8) is 0 Å². The third-order valence-electron chi connectivity index (χ3n) is 4.80. The maximum Gasteiger partial charge on any atom is 0.303 e. The minimum absolute atomic E-state index is 0.0728. The standard InChI is InChI=1S/C15H19N3O5/c1-17-5-4-15(16)12(8-17)10(7-14(19)20)11-6-9(18(21)22)2-3-13(11)23-15/h2-3,6,10,12H,4-5,7-8,16H2,1H3,(H,19,20). The van der Waals surface area contributed by atoms with Crippen LogP contribution in [-0.4, -0.2) is 46.8 Å². The third-order valence-corrected chi connectivity index (χ3v) is 4.80. The first-order chi connectivity index (χ1) is 10.8. The lowest BCUT2D eigenvalue weighted by Gasteiger charge is -2.50. The molecule has 1 saturated heterocycles. The van der Waals surface area contributed by atoms with E-state index in [1.807, 2.05) is 7.05 Å². The number of hydrogen-bond acceptors (Lipinski definition) is 6. The number of likely N-dealkylation sites (tertiary alicyclic amines) is 1. The molecule has 2 heterocycles. The van der Waals surface area contributed by atoms with Crippen LogP contribution in [0.1, 0.15) is 24.3 Å². The molecule has 3 N–H and O–H groups in total. The number of nitro benzene ring substituents is 1. The summed E-state index contributed by atoms with van der Waals surface area (Å²) in [6, 6.07) is 4.29. The van der Waals surface area contributed by atoms with Crippen molar-refractivity contribution in [3.05, 3.63) is 33.9 Å². The van der Waals surface area contributed by atoms with Crippen molar-refractivity contribution in [2.75, 3.05) is 20.1 Å². The lowest BCUT2D eigenvalue weighted by Crippen LogP contribution is -2.63. The number of piperidine rings is 1. The molecule has 8 heteroatoms. The largest absolute Gasteiger partial charge is 0.481 e. The van der Waals surface area contributed by atoms with E-state index in [0.717, 1.165) is 6.54 Å². The molecule has 1 aromatic carbocycles. The Bertz CT molecular complexity index is 665. The summed E-state index contributed by atoms with van der Waals surface area (Å²) in [7, 11) is 1.94. The zero-order chi connectivity index (χ0) is 16.8. The summed E-state index contributed by atoms with van der Waals surface area (Å²) in [5.74, 6) is -1.15. The predicted octanol–water partition coefficient (Wildman–Crippen LogP) is 1.15. The molecule has 0 saturated carbocycles. The molecule has 3 rings (SSSR count). The van der Waals surface area contributed by atoms with E-state index in [2.05, 4.69) is 4.90 Å². The summed E-state index contributed by atoms with van der Waals surface area (Å²) in [6.45, 7) is 1.35. The highest BCUT2D eigenvalue weighted by molar-refractivity contribution is 5.69. The van der Waals surface area contributed by atoms with Gasteiger partial charge in [-0.3, -0.25) is 20.6 Å². The molecule has 3 atom stereocenters. The number of aliphatic carboxylic acids is 1. The van der Waals surface area contributed by atoms with Crippen LogP contribution in [0.3, 0.4) is 0 Å². The topological polar surface area (TPSA) is 119 Å². The fourth-order valence-corrected chi connectivity index (χ4v) is 3.62. The van der Waals surface area contributed by atoms with Crippen LogP contribution in [0.4, 0.5) is 5.69 Å². The van der Waals surface area contributed by atoms with E-state index in [1.165, 1.54) is 18.2 Å². The summed E-state index contributed by atoms with van der Waals surface area (Å²) in [5, 5.41) is 20.3. The number of carboxylic acids is 1. The van der Waals surface area contributed by atoms with Crippen molar-refractivity contribution < 1.29 is 19.6 Å². The van der Waals surface area contributed by atoms with E-state index in [1.54, 1.807) is 0 Å².